The van der Waals surface area contributed by atoms with E-state index in [1.54, 1.807) is 6.07 Å². The zero-order chi connectivity index (χ0) is 15.5. The van der Waals surface area contributed by atoms with E-state index in [0.29, 0.717) is 17.4 Å². The van der Waals surface area contributed by atoms with Crippen LogP contribution in [0.1, 0.15) is 25.3 Å². The molecule has 1 aliphatic heterocycles. The lowest BCUT2D eigenvalue weighted by Crippen LogP contribution is -2.40. The Hall–Kier alpha value is -2.49. The monoisotopic (exact) mass is 297 g/mol. The van der Waals surface area contributed by atoms with Crippen LogP contribution in [-0.4, -0.2) is 18.6 Å². The van der Waals surface area contributed by atoms with Gasteiger partial charge in [0.2, 0.25) is 6.10 Å². The van der Waals surface area contributed by atoms with Gasteiger partial charge in [0.1, 0.15) is 6.61 Å². The first-order valence-electron chi connectivity index (χ1n) is 7.43. The predicted molar refractivity (Wildman–Crippen MR) is 85.5 cm³/mol. The Balaban J connectivity index is 1.74. The molecule has 0 unspecified atom stereocenters. The Morgan fingerprint density at radius 3 is 2.55 bits per heavy atom. The lowest BCUT2D eigenvalue weighted by atomic mass is 10.0. The van der Waals surface area contributed by atoms with Crippen molar-refractivity contribution in [3.05, 3.63) is 54.1 Å². The number of benzene rings is 2. The fraction of sp³-hybridized carbons (Fsp3) is 0.278. The number of amides is 1. The fourth-order valence-electron chi connectivity index (χ4n) is 2.48. The average Bonchev–Trinajstić information content (AvgIpc) is 2.54. The number of nitrogens with one attached hydrogen (secondary N) is 1. The van der Waals surface area contributed by atoms with Crippen LogP contribution < -0.4 is 14.8 Å². The van der Waals surface area contributed by atoms with E-state index in [2.05, 4.69) is 19.2 Å². The van der Waals surface area contributed by atoms with Gasteiger partial charge in [0.05, 0.1) is 0 Å². The van der Waals surface area contributed by atoms with Crippen LogP contribution in [0.3, 0.4) is 0 Å². The summed E-state index contributed by atoms with van der Waals surface area (Å²) in [5.74, 6) is 1.42. The van der Waals surface area contributed by atoms with E-state index >= 15 is 0 Å². The quantitative estimate of drug-likeness (QED) is 0.942. The van der Waals surface area contributed by atoms with E-state index in [9.17, 15) is 4.79 Å². The van der Waals surface area contributed by atoms with Gasteiger partial charge in [-0.2, -0.15) is 0 Å². The van der Waals surface area contributed by atoms with Crippen molar-refractivity contribution < 1.29 is 14.3 Å². The van der Waals surface area contributed by atoms with E-state index < -0.39 is 6.10 Å². The van der Waals surface area contributed by atoms with Gasteiger partial charge in [0.15, 0.2) is 11.5 Å². The number of hydrogen-bond donors (Lipinski definition) is 1. The van der Waals surface area contributed by atoms with Crippen LogP contribution in [0.5, 0.6) is 11.5 Å². The summed E-state index contributed by atoms with van der Waals surface area (Å²) in [6.45, 7) is 4.41. The van der Waals surface area contributed by atoms with Gasteiger partial charge in [-0.3, -0.25) is 4.79 Å². The second-order valence-corrected chi connectivity index (χ2v) is 5.60. The van der Waals surface area contributed by atoms with Gasteiger partial charge in [0, 0.05) is 5.69 Å². The molecular formula is C18H19NO3. The highest BCUT2D eigenvalue weighted by atomic mass is 16.6. The van der Waals surface area contributed by atoms with Gasteiger partial charge >= 0.3 is 0 Å². The van der Waals surface area contributed by atoms with Crippen LogP contribution in [0.4, 0.5) is 5.69 Å². The summed E-state index contributed by atoms with van der Waals surface area (Å²) in [6.07, 6.45) is -0.643. The van der Waals surface area contributed by atoms with Crippen molar-refractivity contribution in [2.24, 2.45) is 0 Å². The standard InChI is InChI=1S/C18H19NO3/c1-12(2)13-7-3-4-8-14(13)19-18(20)17-11-21-15-9-5-6-10-16(15)22-17/h3-10,12,17H,11H2,1-2H3,(H,19,20)/t17-/m0/s1. The smallest absolute Gasteiger partial charge is 0.269 e. The summed E-state index contributed by atoms with van der Waals surface area (Å²) in [5.41, 5.74) is 1.93. The molecule has 0 bridgehead atoms. The first-order valence-corrected chi connectivity index (χ1v) is 7.43. The number of carbonyl (C=O) groups excluding carboxylic acids is 1. The Morgan fingerprint density at radius 2 is 1.77 bits per heavy atom. The summed E-state index contributed by atoms with van der Waals surface area (Å²) < 4.78 is 11.3. The molecule has 0 fully saturated rings. The largest absolute Gasteiger partial charge is 0.485 e. The molecule has 1 amide bonds. The topological polar surface area (TPSA) is 47.6 Å². The van der Waals surface area contributed by atoms with E-state index in [1.165, 1.54) is 0 Å². The molecule has 4 nitrogen and oxygen atoms in total. The fourth-order valence-corrected chi connectivity index (χ4v) is 2.48. The third kappa shape index (κ3) is 2.91. The minimum atomic E-state index is -0.643. The molecule has 0 saturated heterocycles. The normalized spacial score (nSPS) is 16.4. The first-order chi connectivity index (χ1) is 10.6. The number of ether oxygens (including phenoxy) is 2. The molecule has 0 aliphatic carbocycles. The van der Waals surface area contributed by atoms with Crippen LogP contribution in [0.25, 0.3) is 0 Å². The van der Waals surface area contributed by atoms with E-state index in [1.807, 2.05) is 42.5 Å². The summed E-state index contributed by atoms with van der Waals surface area (Å²) in [4.78, 5) is 12.4. The number of anilines is 1. The van der Waals surface area contributed by atoms with Crippen LogP contribution in [-0.2, 0) is 4.79 Å². The maximum atomic E-state index is 12.4. The summed E-state index contributed by atoms with van der Waals surface area (Å²) in [6, 6.07) is 15.2. The molecule has 0 aromatic heterocycles. The number of carbonyl (C=O) groups is 1. The van der Waals surface area contributed by atoms with Gasteiger partial charge < -0.3 is 14.8 Å². The Kier molecular flexibility index (Phi) is 4.00. The van der Waals surface area contributed by atoms with E-state index in [-0.39, 0.29) is 12.5 Å². The molecule has 114 valence electrons. The molecule has 1 atom stereocenters. The van der Waals surface area contributed by atoms with Crippen LogP contribution >= 0.6 is 0 Å². The highest BCUT2D eigenvalue weighted by molar-refractivity contribution is 5.95. The molecule has 1 aliphatic rings. The van der Waals surface area contributed by atoms with Gasteiger partial charge in [-0.1, -0.05) is 44.2 Å². The number of para-hydroxylation sites is 3. The Bertz CT molecular complexity index is 682. The van der Waals surface area contributed by atoms with Crippen molar-refractivity contribution in [3.8, 4) is 11.5 Å². The molecule has 2 aromatic carbocycles. The van der Waals surface area contributed by atoms with Gasteiger partial charge in [-0.05, 0) is 29.7 Å². The Morgan fingerprint density at radius 1 is 1.09 bits per heavy atom. The van der Waals surface area contributed by atoms with Gasteiger partial charge in [0.25, 0.3) is 5.91 Å². The maximum absolute atomic E-state index is 12.4. The van der Waals surface area contributed by atoms with E-state index in [0.717, 1.165) is 11.3 Å². The van der Waals surface area contributed by atoms with Crippen LogP contribution in [0.15, 0.2) is 48.5 Å². The highest BCUT2D eigenvalue weighted by Gasteiger charge is 2.27. The summed E-state index contributed by atoms with van der Waals surface area (Å²) in [7, 11) is 0. The SMILES string of the molecule is CC(C)c1ccccc1NC(=O)[C@@H]1COc2ccccc2O1. The first kappa shape index (κ1) is 14.4. The number of rotatable bonds is 3. The molecule has 1 heterocycles. The third-order valence-corrected chi connectivity index (χ3v) is 3.64. The summed E-state index contributed by atoms with van der Waals surface area (Å²) >= 11 is 0. The zero-order valence-corrected chi connectivity index (χ0v) is 12.7. The molecule has 1 N–H and O–H groups in total. The van der Waals surface area contributed by atoms with Gasteiger partial charge in [-0.25, -0.2) is 0 Å². The zero-order valence-electron chi connectivity index (χ0n) is 12.7. The lowest BCUT2D eigenvalue weighted by Gasteiger charge is -2.26. The number of fused-ring (bicyclic) bond motifs is 1. The number of hydrogen-bond acceptors (Lipinski definition) is 3. The van der Waals surface area contributed by atoms with Crippen molar-refractivity contribution in [1.82, 2.24) is 0 Å². The molecule has 22 heavy (non-hydrogen) atoms. The molecule has 0 radical (unpaired) electrons. The molecular weight excluding hydrogens is 278 g/mol. The van der Waals surface area contributed by atoms with Crippen molar-refractivity contribution in [1.29, 1.82) is 0 Å². The van der Waals surface area contributed by atoms with Crippen molar-refractivity contribution >= 4 is 11.6 Å². The van der Waals surface area contributed by atoms with Crippen molar-refractivity contribution in [2.45, 2.75) is 25.9 Å². The summed E-state index contributed by atoms with van der Waals surface area (Å²) in [5, 5.41) is 2.95. The molecule has 4 heteroatoms. The minimum Gasteiger partial charge on any atom is -0.485 e. The van der Waals surface area contributed by atoms with Crippen LogP contribution in [0.2, 0.25) is 0 Å². The third-order valence-electron chi connectivity index (χ3n) is 3.64. The average molecular weight is 297 g/mol. The van der Waals surface area contributed by atoms with Crippen molar-refractivity contribution in [3.63, 3.8) is 0 Å². The van der Waals surface area contributed by atoms with Crippen molar-refractivity contribution in [2.75, 3.05) is 11.9 Å². The van der Waals surface area contributed by atoms with Crippen LogP contribution in [0, 0.1) is 0 Å². The van der Waals surface area contributed by atoms with Gasteiger partial charge in [-0.15, -0.1) is 0 Å². The molecule has 0 saturated carbocycles. The molecule has 3 rings (SSSR count). The highest BCUT2D eigenvalue weighted by Crippen LogP contribution is 2.31. The molecule has 0 spiro atoms. The Labute approximate surface area is 130 Å². The maximum Gasteiger partial charge on any atom is 0.269 e. The predicted octanol–water partition coefficient (Wildman–Crippen LogP) is 3.59. The lowest BCUT2D eigenvalue weighted by molar-refractivity contribution is -0.125. The molecule has 2 aromatic rings. The van der Waals surface area contributed by atoms with E-state index in [4.69, 9.17) is 9.47 Å². The second kappa shape index (κ2) is 6.10. The second-order valence-electron chi connectivity index (χ2n) is 5.60. The minimum absolute atomic E-state index is 0.192.